The minimum Gasteiger partial charge on any atom is -0.497 e. The molecule has 0 amide bonds. The first-order chi connectivity index (χ1) is 7.83. The van der Waals surface area contributed by atoms with E-state index in [1.807, 2.05) is 48.8 Å². The van der Waals surface area contributed by atoms with Crippen molar-refractivity contribution in [2.24, 2.45) is 0 Å². The standard InChI is InChI=1S/C13H14NO2/c1-15-13-5-3-11(4-6-13)12-7-9-14(16-2)10-8-12/h3-10H,1-2H3/q+1. The summed E-state index contributed by atoms with van der Waals surface area (Å²) in [4.78, 5) is 5.04. The van der Waals surface area contributed by atoms with Gasteiger partial charge in [0.1, 0.15) is 12.9 Å². The number of aromatic nitrogens is 1. The normalized spacial score (nSPS) is 9.88. The Morgan fingerprint density at radius 2 is 1.38 bits per heavy atom. The summed E-state index contributed by atoms with van der Waals surface area (Å²) >= 11 is 0. The largest absolute Gasteiger partial charge is 0.497 e. The fraction of sp³-hybridized carbons (Fsp3) is 0.154. The van der Waals surface area contributed by atoms with E-state index in [0.717, 1.165) is 16.9 Å². The molecule has 0 unspecified atom stereocenters. The lowest BCUT2D eigenvalue weighted by molar-refractivity contribution is -0.885. The van der Waals surface area contributed by atoms with Gasteiger partial charge in [-0.3, -0.25) is 4.84 Å². The zero-order valence-corrected chi connectivity index (χ0v) is 9.38. The number of ether oxygens (including phenoxy) is 1. The molecule has 0 aliphatic heterocycles. The van der Waals surface area contributed by atoms with E-state index in [1.165, 1.54) is 0 Å². The highest BCUT2D eigenvalue weighted by Crippen LogP contribution is 2.20. The van der Waals surface area contributed by atoms with Crippen LogP contribution < -0.4 is 14.3 Å². The third-order valence-corrected chi connectivity index (χ3v) is 2.44. The average Bonchev–Trinajstić information content (AvgIpc) is 2.39. The van der Waals surface area contributed by atoms with Crippen molar-refractivity contribution < 1.29 is 14.3 Å². The molecule has 0 aliphatic rings. The van der Waals surface area contributed by atoms with Gasteiger partial charge in [0.2, 0.25) is 12.4 Å². The van der Waals surface area contributed by atoms with Crippen molar-refractivity contribution >= 4 is 0 Å². The number of benzene rings is 1. The summed E-state index contributed by atoms with van der Waals surface area (Å²) in [6.45, 7) is 0. The van der Waals surface area contributed by atoms with Gasteiger partial charge >= 0.3 is 0 Å². The van der Waals surface area contributed by atoms with E-state index >= 15 is 0 Å². The molecule has 0 saturated carbocycles. The van der Waals surface area contributed by atoms with Gasteiger partial charge in [-0.2, -0.15) is 0 Å². The molecule has 1 heterocycles. The van der Waals surface area contributed by atoms with Crippen LogP contribution in [0.25, 0.3) is 11.1 Å². The molecule has 0 fully saturated rings. The molecule has 0 bridgehead atoms. The van der Waals surface area contributed by atoms with E-state index in [-0.39, 0.29) is 0 Å². The summed E-state index contributed by atoms with van der Waals surface area (Å²) in [7, 11) is 3.30. The van der Waals surface area contributed by atoms with Crippen molar-refractivity contribution in [3.8, 4) is 16.9 Å². The van der Waals surface area contributed by atoms with Gasteiger partial charge in [0.25, 0.3) is 0 Å². The molecule has 82 valence electrons. The molecule has 1 aromatic carbocycles. The van der Waals surface area contributed by atoms with Crippen LogP contribution in [0.2, 0.25) is 0 Å². The first-order valence-electron chi connectivity index (χ1n) is 5.03. The smallest absolute Gasteiger partial charge is 0.223 e. The van der Waals surface area contributed by atoms with Gasteiger partial charge in [-0.25, -0.2) is 0 Å². The second-order valence-electron chi connectivity index (χ2n) is 3.36. The highest BCUT2D eigenvalue weighted by Gasteiger charge is 2.02. The highest BCUT2D eigenvalue weighted by molar-refractivity contribution is 5.63. The van der Waals surface area contributed by atoms with Crippen molar-refractivity contribution in [2.75, 3.05) is 14.2 Å². The molecule has 0 aliphatic carbocycles. The zero-order chi connectivity index (χ0) is 11.4. The topological polar surface area (TPSA) is 22.3 Å². The van der Waals surface area contributed by atoms with E-state index in [0.29, 0.717) is 0 Å². The number of hydrogen-bond acceptors (Lipinski definition) is 2. The third-order valence-electron chi connectivity index (χ3n) is 2.44. The second kappa shape index (κ2) is 4.66. The maximum absolute atomic E-state index is 5.12. The fourth-order valence-corrected chi connectivity index (χ4v) is 1.51. The first-order valence-corrected chi connectivity index (χ1v) is 5.03. The molecule has 16 heavy (non-hydrogen) atoms. The molecule has 0 atom stereocenters. The number of pyridine rings is 1. The minimum absolute atomic E-state index is 0.867. The van der Waals surface area contributed by atoms with Gasteiger partial charge in [-0.1, -0.05) is 12.1 Å². The van der Waals surface area contributed by atoms with Crippen LogP contribution in [-0.4, -0.2) is 14.2 Å². The lowest BCUT2D eigenvalue weighted by Crippen LogP contribution is -2.39. The number of hydrogen-bond donors (Lipinski definition) is 0. The number of methoxy groups -OCH3 is 1. The number of rotatable bonds is 3. The summed E-state index contributed by atoms with van der Waals surface area (Å²) in [5, 5.41) is 0. The highest BCUT2D eigenvalue weighted by atomic mass is 16.6. The van der Waals surface area contributed by atoms with Crippen LogP contribution in [0, 0.1) is 0 Å². The van der Waals surface area contributed by atoms with Crippen LogP contribution >= 0.6 is 0 Å². The Balaban J connectivity index is 2.28. The molecule has 2 rings (SSSR count). The number of nitrogens with zero attached hydrogens (tertiary/aromatic N) is 1. The van der Waals surface area contributed by atoms with E-state index in [4.69, 9.17) is 9.57 Å². The van der Waals surface area contributed by atoms with E-state index in [9.17, 15) is 0 Å². The van der Waals surface area contributed by atoms with Crippen LogP contribution in [0.1, 0.15) is 0 Å². The van der Waals surface area contributed by atoms with Crippen LogP contribution in [0.15, 0.2) is 48.8 Å². The summed E-state index contributed by atoms with van der Waals surface area (Å²) in [6.07, 6.45) is 3.75. The second-order valence-corrected chi connectivity index (χ2v) is 3.36. The molecule has 3 nitrogen and oxygen atoms in total. The average molecular weight is 216 g/mol. The van der Waals surface area contributed by atoms with Crippen molar-refractivity contribution in [2.45, 2.75) is 0 Å². The Labute approximate surface area is 94.8 Å². The Morgan fingerprint density at radius 1 is 0.812 bits per heavy atom. The predicted molar refractivity (Wildman–Crippen MR) is 61.1 cm³/mol. The van der Waals surface area contributed by atoms with Crippen molar-refractivity contribution in [3.63, 3.8) is 0 Å². The van der Waals surface area contributed by atoms with E-state index < -0.39 is 0 Å². The summed E-state index contributed by atoms with van der Waals surface area (Å²) in [5.74, 6) is 0.867. The van der Waals surface area contributed by atoms with Gasteiger partial charge in [0, 0.05) is 16.9 Å². The van der Waals surface area contributed by atoms with E-state index in [2.05, 4.69) is 0 Å². The molecular formula is C13H14NO2+. The van der Waals surface area contributed by atoms with Gasteiger partial charge in [0.15, 0.2) is 0 Å². The van der Waals surface area contributed by atoms with Gasteiger partial charge in [-0.05, 0) is 23.3 Å². The Bertz CT molecular complexity index is 403. The van der Waals surface area contributed by atoms with Crippen LogP contribution in [-0.2, 0) is 0 Å². The van der Waals surface area contributed by atoms with Crippen molar-refractivity contribution in [1.29, 1.82) is 0 Å². The Hall–Kier alpha value is -2.03. The fourth-order valence-electron chi connectivity index (χ4n) is 1.51. The van der Waals surface area contributed by atoms with Crippen molar-refractivity contribution in [1.82, 2.24) is 0 Å². The molecule has 0 radical (unpaired) electrons. The van der Waals surface area contributed by atoms with Gasteiger partial charge < -0.3 is 4.74 Å². The minimum atomic E-state index is 0.867. The molecule has 1 aromatic heterocycles. The summed E-state index contributed by atoms with van der Waals surface area (Å²) in [5.41, 5.74) is 2.31. The summed E-state index contributed by atoms with van der Waals surface area (Å²) < 4.78 is 6.76. The molecule has 2 aromatic rings. The molecule has 0 N–H and O–H groups in total. The van der Waals surface area contributed by atoms with Gasteiger partial charge in [0.05, 0.1) is 7.11 Å². The third kappa shape index (κ3) is 2.14. The monoisotopic (exact) mass is 216 g/mol. The maximum atomic E-state index is 5.12. The lowest BCUT2D eigenvalue weighted by Gasteiger charge is -2.02. The van der Waals surface area contributed by atoms with Crippen LogP contribution in [0.4, 0.5) is 0 Å². The Morgan fingerprint density at radius 3 is 1.88 bits per heavy atom. The molecule has 0 spiro atoms. The van der Waals surface area contributed by atoms with E-state index in [1.54, 1.807) is 19.0 Å². The summed E-state index contributed by atoms with van der Waals surface area (Å²) in [6, 6.07) is 12.0. The van der Waals surface area contributed by atoms with Crippen LogP contribution in [0.3, 0.4) is 0 Å². The van der Waals surface area contributed by atoms with Crippen molar-refractivity contribution in [3.05, 3.63) is 48.8 Å². The molecule has 0 saturated heterocycles. The lowest BCUT2D eigenvalue weighted by atomic mass is 10.1. The Kier molecular flexibility index (Phi) is 3.05. The SMILES string of the molecule is COc1ccc(-c2cc[n+](OC)cc2)cc1. The quantitative estimate of drug-likeness (QED) is 0.729. The molecular weight excluding hydrogens is 202 g/mol. The maximum Gasteiger partial charge on any atom is 0.223 e. The molecule has 3 heteroatoms. The first kappa shape index (κ1) is 10.5. The van der Waals surface area contributed by atoms with Gasteiger partial charge in [-0.15, -0.1) is 0 Å². The zero-order valence-electron chi connectivity index (χ0n) is 9.38. The van der Waals surface area contributed by atoms with Crippen LogP contribution in [0.5, 0.6) is 5.75 Å². The predicted octanol–water partition coefficient (Wildman–Crippen LogP) is 1.71.